The first-order chi connectivity index (χ1) is 5.52. The minimum Gasteiger partial charge on any atom is -0.450 e. The maximum absolute atomic E-state index is 8.56. The third kappa shape index (κ3) is 7.30. The fourth-order valence-electron chi connectivity index (χ4n) is 0.900. The average molecular weight is 176 g/mol. The lowest BCUT2D eigenvalue weighted by molar-refractivity contribution is 0.137. The third-order valence-electron chi connectivity index (χ3n) is 1.54. The van der Waals surface area contributed by atoms with Crippen LogP contribution in [0.2, 0.25) is 0 Å². The highest BCUT2D eigenvalue weighted by Gasteiger charge is 2.10. The Hall–Kier alpha value is -0.810. The van der Waals surface area contributed by atoms with Crippen molar-refractivity contribution >= 4 is 6.16 Å². The van der Waals surface area contributed by atoms with Gasteiger partial charge in [0.2, 0.25) is 0 Å². The highest BCUT2D eigenvalue weighted by atomic mass is 16.6. The summed E-state index contributed by atoms with van der Waals surface area (Å²) in [5.41, 5.74) is 0. The molecule has 5 nitrogen and oxygen atoms in total. The molecule has 1 saturated heterocycles. The molecule has 1 aliphatic rings. The van der Waals surface area contributed by atoms with E-state index in [1.54, 1.807) is 0 Å². The molecule has 0 saturated carbocycles. The van der Waals surface area contributed by atoms with Gasteiger partial charge in [0.15, 0.2) is 0 Å². The van der Waals surface area contributed by atoms with Crippen molar-refractivity contribution in [1.29, 1.82) is 0 Å². The molecule has 0 aromatic rings. The van der Waals surface area contributed by atoms with Gasteiger partial charge >= 0.3 is 6.16 Å². The lowest BCUT2D eigenvalue weighted by atomic mass is 10.2. The summed E-state index contributed by atoms with van der Waals surface area (Å²) < 4.78 is 0. The van der Waals surface area contributed by atoms with Gasteiger partial charge in [-0.05, 0) is 13.8 Å². The van der Waals surface area contributed by atoms with Crippen LogP contribution < -0.4 is 10.6 Å². The van der Waals surface area contributed by atoms with Gasteiger partial charge in [-0.25, -0.2) is 4.79 Å². The molecular weight excluding hydrogens is 160 g/mol. The van der Waals surface area contributed by atoms with E-state index in [0.29, 0.717) is 12.1 Å². The molecule has 2 unspecified atom stereocenters. The van der Waals surface area contributed by atoms with Crippen LogP contribution in [-0.4, -0.2) is 41.5 Å². The monoisotopic (exact) mass is 176 g/mol. The number of hydrogen-bond donors (Lipinski definition) is 4. The summed E-state index contributed by atoms with van der Waals surface area (Å²) in [6, 6.07) is 1.32. The number of piperazine rings is 1. The van der Waals surface area contributed by atoms with E-state index in [1.807, 2.05) is 0 Å². The van der Waals surface area contributed by atoms with E-state index in [4.69, 9.17) is 15.0 Å². The van der Waals surface area contributed by atoms with E-state index in [0.717, 1.165) is 13.1 Å². The molecular formula is C7H16N2O3. The van der Waals surface area contributed by atoms with Crippen LogP contribution in [0.15, 0.2) is 0 Å². The molecule has 1 heterocycles. The van der Waals surface area contributed by atoms with Gasteiger partial charge in [0.1, 0.15) is 0 Å². The largest absolute Gasteiger partial charge is 0.503 e. The standard InChI is InChI=1S/C6H14N2.CH2O3/c1-5-3-8-6(2)4-7-5;2-1(3)4/h5-8H,3-4H2,1-2H3;(H2,2,3,4). The molecule has 1 fully saturated rings. The molecule has 1 aliphatic heterocycles. The van der Waals surface area contributed by atoms with E-state index in [9.17, 15) is 0 Å². The number of hydrogen-bond acceptors (Lipinski definition) is 3. The number of rotatable bonds is 0. The predicted molar refractivity (Wildman–Crippen MR) is 45.6 cm³/mol. The van der Waals surface area contributed by atoms with Crippen LogP contribution in [0.4, 0.5) is 4.79 Å². The second kappa shape index (κ2) is 5.79. The fraction of sp³-hybridized carbons (Fsp3) is 0.857. The van der Waals surface area contributed by atoms with Gasteiger partial charge in [-0.2, -0.15) is 0 Å². The molecule has 0 aliphatic carbocycles. The van der Waals surface area contributed by atoms with Crippen molar-refractivity contribution in [2.45, 2.75) is 25.9 Å². The zero-order valence-electron chi connectivity index (χ0n) is 7.37. The summed E-state index contributed by atoms with van der Waals surface area (Å²) in [6.07, 6.45) is -1.83. The molecule has 72 valence electrons. The van der Waals surface area contributed by atoms with E-state index in [2.05, 4.69) is 24.5 Å². The Morgan fingerprint density at radius 1 is 1.17 bits per heavy atom. The van der Waals surface area contributed by atoms with Crippen molar-refractivity contribution in [3.63, 3.8) is 0 Å². The molecule has 12 heavy (non-hydrogen) atoms. The zero-order chi connectivity index (χ0) is 9.56. The predicted octanol–water partition coefficient (Wildman–Crippen LogP) is 0.179. The zero-order valence-corrected chi connectivity index (χ0v) is 7.37. The molecule has 0 aromatic heterocycles. The SMILES string of the molecule is CC1CNC(C)CN1.O=C(O)O. The van der Waals surface area contributed by atoms with Crippen molar-refractivity contribution in [1.82, 2.24) is 10.6 Å². The Kier molecular flexibility index (Phi) is 5.40. The van der Waals surface area contributed by atoms with Crippen LogP contribution in [0, 0.1) is 0 Å². The summed E-state index contributed by atoms with van der Waals surface area (Å²) >= 11 is 0. The number of carbonyl (C=O) groups is 1. The molecule has 0 aromatic carbocycles. The van der Waals surface area contributed by atoms with Gasteiger partial charge in [-0.1, -0.05) is 0 Å². The van der Waals surface area contributed by atoms with Gasteiger partial charge in [-0.15, -0.1) is 0 Å². The Labute approximate surface area is 71.8 Å². The van der Waals surface area contributed by atoms with Gasteiger partial charge in [0.25, 0.3) is 0 Å². The van der Waals surface area contributed by atoms with Gasteiger partial charge < -0.3 is 20.8 Å². The van der Waals surface area contributed by atoms with E-state index in [-0.39, 0.29) is 0 Å². The molecule has 0 radical (unpaired) electrons. The van der Waals surface area contributed by atoms with Crippen molar-refractivity contribution < 1.29 is 15.0 Å². The summed E-state index contributed by atoms with van der Waals surface area (Å²) in [6.45, 7) is 6.61. The van der Waals surface area contributed by atoms with Gasteiger partial charge in [0.05, 0.1) is 0 Å². The average Bonchev–Trinajstić information content (AvgIpc) is 1.94. The van der Waals surface area contributed by atoms with Crippen LogP contribution in [0.25, 0.3) is 0 Å². The van der Waals surface area contributed by atoms with Crippen molar-refractivity contribution in [2.24, 2.45) is 0 Å². The first kappa shape index (κ1) is 11.2. The molecule has 5 heteroatoms. The topological polar surface area (TPSA) is 81.6 Å². The van der Waals surface area contributed by atoms with Crippen LogP contribution in [0.1, 0.15) is 13.8 Å². The van der Waals surface area contributed by atoms with Crippen LogP contribution in [0.3, 0.4) is 0 Å². The van der Waals surface area contributed by atoms with Crippen molar-refractivity contribution in [3.8, 4) is 0 Å². The smallest absolute Gasteiger partial charge is 0.450 e. The minimum atomic E-state index is -1.83. The molecule has 0 bridgehead atoms. The molecule has 4 N–H and O–H groups in total. The fourth-order valence-corrected chi connectivity index (χ4v) is 0.900. The summed E-state index contributed by atoms with van der Waals surface area (Å²) in [5.74, 6) is 0. The Balaban J connectivity index is 0.000000261. The van der Waals surface area contributed by atoms with E-state index >= 15 is 0 Å². The summed E-state index contributed by atoms with van der Waals surface area (Å²) in [7, 11) is 0. The van der Waals surface area contributed by atoms with E-state index in [1.165, 1.54) is 0 Å². The maximum atomic E-state index is 8.56. The second-order valence-corrected chi connectivity index (χ2v) is 2.90. The molecule has 0 spiro atoms. The van der Waals surface area contributed by atoms with Gasteiger partial charge in [-0.3, -0.25) is 0 Å². The summed E-state index contributed by atoms with van der Waals surface area (Å²) in [5, 5.41) is 20.7. The van der Waals surface area contributed by atoms with Crippen LogP contribution >= 0.6 is 0 Å². The highest BCUT2D eigenvalue weighted by Crippen LogP contribution is 1.89. The lowest BCUT2D eigenvalue weighted by Gasteiger charge is -2.26. The molecule has 0 amide bonds. The summed E-state index contributed by atoms with van der Waals surface area (Å²) in [4.78, 5) is 8.56. The number of nitrogens with one attached hydrogen (secondary N) is 2. The quantitative estimate of drug-likeness (QED) is 0.423. The minimum absolute atomic E-state index is 0.659. The molecule has 1 rings (SSSR count). The molecule has 2 atom stereocenters. The van der Waals surface area contributed by atoms with Crippen LogP contribution in [-0.2, 0) is 0 Å². The second-order valence-electron chi connectivity index (χ2n) is 2.90. The first-order valence-corrected chi connectivity index (χ1v) is 3.91. The Morgan fingerprint density at radius 2 is 1.42 bits per heavy atom. The number of carboxylic acid groups (broad SMARTS) is 2. The van der Waals surface area contributed by atoms with Crippen molar-refractivity contribution in [3.05, 3.63) is 0 Å². The third-order valence-corrected chi connectivity index (χ3v) is 1.54. The lowest BCUT2D eigenvalue weighted by Crippen LogP contribution is -2.51. The maximum Gasteiger partial charge on any atom is 0.503 e. The Morgan fingerprint density at radius 3 is 1.58 bits per heavy atom. The van der Waals surface area contributed by atoms with Crippen molar-refractivity contribution in [2.75, 3.05) is 13.1 Å². The first-order valence-electron chi connectivity index (χ1n) is 3.91. The van der Waals surface area contributed by atoms with E-state index < -0.39 is 6.16 Å². The van der Waals surface area contributed by atoms with Gasteiger partial charge in [0, 0.05) is 25.2 Å². The highest BCUT2D eigenvalue weighted by molar-refractivity contribution is 5.53. The normalized spacial score (nSPS) is 28.5. The Bertz CT molecular complexity index is 119. The van der Waals surface area contributed by atoms with Crippen LogP contribution in [0.5, 0.6) is 0 Å².